The van der Waals surface area contributed by atoms with Crippen LogP contribution in [0.4, 0.5) is 0 Å². The van der Waals surface area contributed by atoms with E-state index in [4.69, 9.17) is 4.74 Å². The topological polar surface area (TPSA) is 49.1 Å². The minimum Gasteiger partial charge on any atom is -0.481 e. The van der Waals surface area contributed by atoms with Gasteiger partial charge >= 0.3 is 0 Å². The van der Waals surface area contributed by atoms with Crippen molar-refractivity contribution in [2.24, 2.45) is 5.92 Å². The maximum atomic E-state index is 9.47. The van der Waals surface area contributed by atoms with Gasteiger partial charge in [-0.2, -0.15) is 5.26 Å². The third-order valence-electron chi connectivity index (χ3n) is 4.14. The third kappa shape index (κ3) is 3.10. The van der Waals surface area contributed by atoms with Crippen LogP contribution in [-0.2, 0) is 6.54 Å². The van der Waals surface area contributed by atoms with Crippen LogP contribution in [0.5, 0.6) is 5.88 Å². The number of hydrogen-bond acceptors (Lipinski definition) is 4. The van der Waals surface area contributed by atoms with E-state index < -0.39 is 0 Å². The molecule has 1 fully saturated rings. The first-order valence-electron chi connectivity index (χ1n) is 7.47. The monoisotopic (exact) mass is 293 g/mol. The van der Waals surface area contributed by atoms with E-state index >= 15 is 0 Å². The van der Waals surface area contributed by atoms with Gasteiger partial charge in [-0.25, -0.2) is 4.98 Å². The summed E-state index contributed by atoms with van der Waals surface area (Å²) >= 11 is 0. The normalized spacial score (nSPS) is 21.5. The third-order valence-corrected chi connectivity index (χ3v) is 4.14. The Morgan fingerprint density at radius 2 is 2.00 bits per heavy atom. The van der Waals surface area contributed by atoms with Crippen molar-refractivity contribution in [3.8, 4) is 11.9 Å². The van der Waals surface area contributed by atoms with Gasteiger partial charge in [0.2, 0.25) is 5.88 Å². The Morgan fingerprint density at radius 1 is 1.18 bits per heavy atom. The molecule has 2 aromatic rings. The van der Waals surface area contributed by atoms with Crippen LogP contribution in [0.1, 0.15) is 17.2 Å². The molecule has 2 atom stereocenters. The molecule has 1 aliphatic rings. The molecule has 4 heteroatoms. The van der Waals surface area contributed by atoms with Crippen LogP contribution in [-0.4, -0.2) is 30.1 Å². The summed E-state index contributed by atoms with van der Waals surface area (Å²) in [5.74, 6) is 0.725. The lowest BCUT2D eigenvalue weighted by Crippen LogP contribution is -2.20. The molecule has 3 rings (SSSR count). The van der Waals surface area contributed by atoms with Gasteiger partial charge in [-0.05, 0) is 11.6 Å². The van der Waals surface area contributed by atoms with Crippen LogP contribution >= 0.6 is 0 Å². The predicted octanol–water partition coefficient (Wildman–Crippen LogP) is 2.83. The number of aromatic nitrogens is 1. The first kappa shape index (κ1) is 14.6. The minimum absolute atomic E-state index is 0.0247. The maximum absolute atomic E-state index is 9.47. The Labute approximate surface area is 131 Å². The smallest absolute Gasteiger partial charge is 0.213 e. The number of pyridine rings is 1. The Morgan fingerprint density at radius 3 is 2.73 bits per heavy atom. The van der Waals surface area contributed by atoms with Gasteiger partial charge in [0.05, 0.1) is 24.8 Å². The van der Waals surface area contributed by atoms with Gasteiger partial charge in [0.25, 0.3) is 0 Å². The molecule has 0 radical (unpaired) electrons. The van der Waals surface area contributed by atoms with E-state index in [1.165, 1.54) is 5.56 Å². The molecule has 0 saturated carbocycles. The SMILES string of the molecule is COc1cccc(C2CN(Cc3ccccc3)CC2C#N)n1. The highest BCUT2D eigenvalue weighted by Gasteiger charge is 2.34. The van der Waals surface area contributed by atoms with Gasteiger partial charge < -0.3 is 4.74 Å². The number of hydrogen-bond donors (Lipinski definition) is 0. The van der Waals surface area contributed by atoms with Crippen LogP contribution in [0, 0.1) is 17.2 Å². The molecule has 0 amide bonds. The van der Waals surface area contributed by atoms with E-state index in [1.807, 2.05) is 36.4 Å². The highest BCUT2D eigenvalue weighted by molar-refractivity contribution is 5.23. The van der Waals surface area contributed by atoms with Gasteiger partial charge in [0, 0.05) is 31.6 Å². The van der Waals surface area contributed by atoms with Crippen molar-refractivity contribution < 1.29 is 4.74 Å². The summed E-state index contributed by atoms with van der Waals surface area (Å²) in [5, 5.41) is 9.47. The summed E-state index contributed by atoms with van der Waals surface area (Å²) < 4.78 is 5.20. The molecule has 1 aromatic heterocycles. The van der Waals surface area contributed by atoms with Gasteiger partial charge in [-0.15, -0.1) is 0 Å². The fourth-order valence-electron chi connectivity index (χ4n) is 3.04. The van der Waals surface area contributed by atoms with Crippen molar-refractivity contribution in [3.63, 3.8) is 0 Å². The van der Waals surface area contributed by atoms with Crippen molar-refractivity contribution in [1.29, 1.82) is 5.26 Å². The number of benzene rings is 1. The molecule has 1 aliphatic heterocycles. The summed E-state index contributed by atoms with van der Waals surface area (Å²) in [7, 11) is 1.62. The average molecular weight is 293 g/mol. The highest BCUT2D eigenvalue weighted by Crippen LogP contribution is 2.32. The largest absolute Gasteiger partial charge is 0.481 e. The predicted molar refractivity (Wildman–Crippen MR) is 84.4 cm³/mol. The molecule has 1 saturated heterocycles. The van der Waals surface area contributed by atoms with E-state index in [9.17, 15) is 5.26 Å². The summed E-state index contributed by atoms with van der Waals surface area (Å²) in [6.45, 7) is 2.52. The molecule has 0 bridgehead atoms. The zero-order chi connectivity index (χ0) is 15.4. The molecule has 0 N–H and O–H groups in total. The molecule has 2 heterocycles. The average Bonchev–Trinajstić information content (AvgIpc) is 2.99. The van der Waals surface area contributed by atoms with E-state index in [0.29, 0.717) is 5.88 Å². The van der Waals surface area contributed by atoms with E-state index in [0.717, 1.165) is 25.3 Å². The van der Waals surface area contributed by atoms with Crippen molar-refractivity contribution in [3.05, 3.63) is 59.8 Å². The highest BCUT2D eigenvalue weighted by atomic mass is 16.5. The van der Waals surface area contributed by atoms with E-state index in [1.54, 1.807) is 7.11 Å². The molecule has 22 heavy (non-hydrogen) atoms. The second kappa shape index (κ2) is 6.59. The quantitative estimate of drug-likeness (QED) is 0.869. The number of likely N-dealkylation sites (tertiary alicyclic amines) is 1. The molecule has 1 aromatic carbocycles. The van der Waals surface area contributed by atoms with Crippen LogP contribution in [0.2, 0.25) is 0 Å². The van der Waals surface area contributed by atoms with Crippen LogP contribution < -0.4 is 4.74 Å². The molecular formula is C18H19N3O. The molecule has 0 spiro atoms. The number of ether oxygens (including phenoxy) is 1. The summed E-state index contributed by atoms with van der Waals surface area (Å²) in [6.07, 6.45) is 0. The first-order valence-corrected chi connectivity index (χ1v) is 7.47. The minimum atomic E-state index is -0.0247. The van der Waals surface area contributed by atoms with Crippen LogP contribution in [0.15, 0.2) is 48.5 Å². The molecule has 112 valence electrons. The maximum Gasteiger partial charge on any atom is 0.213 e. The second-order valence-corrected chi connectivity index (χ2v) is 5.63. The van der Waals surface area contributed by atoms with Crippen molar-refractivity contribution >= 4 is 0 Å². The van der Waals surface area contributed by atoms with E-state index in [-0.39, 0.29) is 11.8 Å². The Balaban J connectivity index is 1.76. The number of methoxy groups -OCH3 is 1. The number of rotatable bonds is 4. The summed E-state index contributed by atoms with van der Waals surface area (Å²) in [6, 6.07) is 18.6. The van der Waals surface area contributed by atoms with Gasteiger partial charge in [-0.1, -0.05) is 36.4 Å². The van der Waals surface area contributed by atoms with Crippen LogP contribution in [0.3, 0.4) is 0 Å². The van der Waals surface area contributed by atoms with Crippen molar-refractivity contribution in [2.45, 2.75) is 12.5 Å². The standard InChI is InChI=1S/C18H19N3O/c1-22-18-9-5-8-17(20-18)16-13-21(12-15(16)10-19)11-14-6-3-2-4-7-14/h2-9,15-16H,11-13H2,1H3. The lowest BCUT2D eigenvalue weighted by molar-refractivity contribution is 0.322. The number of nitrogens with zero attached hydrogens (tertiary/aromatic N) is 3. The van der Waals surface area contributed by atoms with E-state index in [2.05, 4.69) is 28.1 Å². The van der Waals surface area contributed by atoms with Crippen molar-refractivity contribution in [1.82, 2.24) is 9.88 Å². The Kier molecular flexibility index (Phi) is 4.36. The molecule has 2 unspecified atom stereocenters. The van der Waals surface area contributed by atoms with Crippen LogP contribution in [0.25, 0.3) is 0 Å². The second-order valence-electron chi connectivity index (χ2n) is 5.63. The Bertz CT molecular complexity index is 666. The fraction of sp³-hybridized carbons (Fsp3) is 0.333. The zero-order valence-corrected chi connectivity index (χ0v) is 12.6. The zero-order valence-electron chi connectivity index (χ0n) is 12.6. The first-order chi connectivity index (χ1) is 10.8. The van der Waals surface area contributed by atoms with Gasteiger partial charge in [0.1, 0.15) is 0 Å². The molecule has 4 nitrogen and oxygen atoms in total. The lowest BCUT2D eigenvalue weighted by Gasteiger charge is -2.15. The van der Waals surface area contributed by atoms with Gasteiger partial charge in [-0.3, -0.25) is 4.90 Å². The summed E-state index contributed by atoms with van der Waals surface area (Å²) in [4.78, 5) is 6.84. The molecule has 0 aliphatic carbocycles. The summed E-state index contributed by atoms with van der Waals surface area (Å²) in [5.41, 5.74) is 2.22. The lowest BCUT2D eigenvalue weighted by atomic mass is 9.94. The number of nitriles is 1. The molecular weight excluding hydrogens is 274 g/mol. The fourth-order valence-corrected chi connectivity index (χ4v) is 3.04. The van der Waals surface area contributed by atoms with Gasteiger partial charge in [0.15, 0.2) is 0 Å². The van der Waals surface area contributed by atoms with Crippen molar-refractivity contribution in [2.75, 3.05) is 20.2 Å². The Hall–Kier alpha value is -2.38.